The molecular formula is C25H38ClN7O2. The van der Waals surface area contributed by atoms with Crippen molar-refractivity contribution >= 4 is 23.4 Å². The van der Waals surface area contributed by atoms with Gasteiger partial charge in [-0.1, -0.05) is 18.5 Å². The first-order valence-corrected chi connectivity index (χ1v) is 13.0. The molecule has 1 saturated carbocycles. The number of hydrogen-bond donors (Lipinski definition) is 3. The Labute approximate surface area is 213 Å². The Hall–Kier alpha value is -2.07. The first kappa shape index (κ1) is 26.0. The molecular weight excluding hydrogens is 466 g/mol. The van der Waals surface area contributed by atoms with Crippen LogP contribution in [0.25, 0.3) is 11.5 Å². The molecule has 2 fully saturated rings. The van der Waals surface area contributed by atoms with Crippen LogP contribution in [0.5, 0.6) is 0 Å². The van der Waals surface area contributed by atoms with E-state index in [0.717, 1.165) is 70.7 Å². The molecule has 0 unspecified atom stereocenters. The average molecular weight is 504 g/mol. The van der Waals surface area contributed by atoms with Crippen LogP contribution in [0.15, 0.2) is 18.5 Å². The maximum absolute atomic E-state index is 6.45. The second kappa shape index (κ2) is 12.3. The minimum Gasteiger partial charge on any atom is -0.383 e. The molecule has 1 saturated heterocycles. The second-order valence-corrected chi connectivity index (χ2v) is 10.6. The summed E-state index contributed by atoms with van der Waals surface area (Å²) in [5, 5.41) is 11.0. The molecule has 3 N–H and O–H groups in total. The van der Waals surface area contributed by atoms with Gasteiger partial charge in [-0.15, -0.1) is 0 Å². The van der Waals surface area contributed by atoms with E-state index in [0.29, 0.717) is 40.6 Å². The minimum absolute atomic E-state index is 0.198. The van der Waals surface area contributed by atoms with Crippen LogP contribution in [0, 0.1) is 5.41 Å². The summed E-state index contributed by atoms with van der Waals surface area (Å²) in [6, 6.07) is 3.09. The van der Waals surface area contributed by atoms with Gasteiger partial charge in [0.25, 0.3) is 0 Å². The molecule has 1 atom stereocenters. The van der Waals surface area contributed by atoms with Crippen molar-refractivity contribution in [3.8, 4) is 11.5 Å². The topological polar surface area (TPSA) is 106 Å². The van der Waals surface area contributed by atoms with Crippen LogP contribution in [0.2, 0.25) is 5.02 Å². The van der Waals surface area contributed by atoms with Gasteiger partial charge >= 0.3 is 0 Å². The summed E-state index contributed by atoms with van der Waals surface area (Å²) in [7, 11) is 1.74. The lowest BCUT2D eigenvalue weighted by Crippen LogP contribution is -2.43. The third kappa shape index (κ3) is 7.46. The zero-order chi connectivity index (χ0) is 24.7. The fourth-order valence-electron chi connectivity index (χ4n) is 4.80. The normalized spacial score (nSPS) is 23.0. The highest BCUT2D eigenvalue weighted by Gasteiger charge is 2.27. The fraction of sp³-hybridized carbons (Fsp3) is 0.680. The van der Waals surface area contributed by atoms with Crippen molar-refractivity contribution in [1.29, 1.82) is 0 Å². The molecule has 35 heavy (non-hydrogen) atoms. The monoisotopic (exact) mass is 503 g/mol. The Morgan fingerprint density at radius 2 is 1.89 bits per heavy atom. The average Bonchev–Trinajstić information content (AvgIpc) is 2.86. The highest BCUT2D eigenvalue weighted by atomic mass is 35.5. The lowest BCUT2D eigenvalue weighted by Gasteiger charge is -2.33. The number of ether oxygens (including phenoxy) is 2. The molecule has 3 heterocycles. The summed E-state index contributed by atoms with van der Waals surface area (Å²) in [6.45, 7) is 7.63. The Balaban J connectivity index is 1.36. The summed E-state index contributed by atoms with van der Waals surface area (Å²) in [6.07, 6.45) is 9.75. The first-order valence-electron chi connectivity index (χ1n) is 12.6. The summed E-state index contributed by atoms with van der Waals surface area (Å²) >= 11 is 6.45. The summed E-state index contributed by atoms with van der Waals surface area (Å²) in [4.78, 5) is 18.2. The SMILES string of the molecule is COC[C@H](C)NC1CCC(Nc2ncc(Cl)c(-c3nccc(NCC4(C)CCOCC4)n3)n2)CC1. The van der Waals surface area contributed by atoms with Crippen LogP contribution in [0.1, 0.15) is 52.4 Å². The van der Waals surface area contributed by atoms with Crippen molar-refractivity contribution in [1.82, 2.24) is 25.3 Å². The molecule has 1 aliphatic heterocycles. The number of hydrogen-bond acceptors (Lipinski definition) is 9. The van der Waals surface area contributed by atoms with Crippen LogP contribution in [0.4, 0.5) is 11.8 Å². The van der Waals surface area contributed by atoms with Crippen LogP contribution < -0.4 is 16.0 Å². The Bertz CT molecular complexity index is 949. The van der Waals surface area contributed by atoms with Gasteiger partial charge in [-0.3, -0.25) is 0 Å². The maximum atomic E-state index is 6.45. The molecule has 0 bridgehead atoms. The van der Waals surface area contributed by atoms with Crippen LogP contribution in [0.3, 0.4) is 0 Å². The van der Waals surface area contributed by atoms with E-state index in [1.807, 2.05) is 6.07 Å². The van der Waals surface area contributed by atoms with E-state index in [2.05, 4.69) is 49.7 Å². The molecule has 4 rings (SSSR count). The zero-order valence-corrected chi connectivity index (χ0v) is 21.8. The van der Waals surface area contributed by atoms with Gasteiger partial charge in [0.05, 0.1) is 17.8 Å². The number of halogens is 1. The van der Waals surface area contributed by atoms with E-state index in [4.69, 9.17) is 21.1 Å². The molecule has 1 aliphatic carbocycles. The molecule has 2 aliphatic rings. The van der Waals surface area contributed by atoms with Gasteiger partial charge in [-0.25, -0.2) is 19.9 Å². The molecule has 0 aromatic carbocycles. The number of nitrogens with one attached hydrogen (secondary N) is 3. The summed E-state index contributed by atoms with van der Waals surface area (Å²) in [5.41, 5.74) is 0.734. The molecule has 0 amide bonds. The van der Waals surface area contributed by atoms with Crippen molar-refractivity contribution in [3.63, 3.8) is 0 Å². The second-order valence-electron chi connectivity index (χ2n) is 10.1. The van der Waals surface area contributed by atoms with Crippen molar-refractivity contribution in [2.24, 2.45) is 5.41 Å². The maximum Gasteiger partial charge on any atom is 0.223 e. The van der Waals surface area contributed by atoms with E-state index in [1.165, 1.54) is 0 Å². The van der Waals surface area contributed by atoms with E-state index in [1.54, 1.807) is 19.5 Å². The molecule has 2 aromatic heterocycles. The Kier molecular flexibility index (Phi) is 9.10. The van der Waals surface area contributed by atoms with Gasteiger partial charge in [-0.2, -0.15) is 0 Å². The summed E-state index contributed by atoms with van der Waals surface area (Å²) < 4.78 is 10.7. The molecule has 10 heteroatoms. The summed E-state index contributed by atoms with van der Waals surface area (Å²) in [5.74, 6) is 1.81. The largest absolute Gasteiger partial charge is 0.383 e. The van der Waals surface area contributed by atoms with Gasteiger partial charge in [0.15, 0.2) is 5.82 Å². The van der Waals surface area contributed by atoms with Gasteiger partial charge in [0.2, 0.25) is 5.95 Å². The van der Waals surface area contributed by atoms with Gasteiger partial charge in [0, 0.05) is 51.2 Å². The van der Waals surface area contributed by atoms with E-state index in [-0.39, 0.29) is 5.41 Å². The van der Waals surface area contributed by atoms with Crippen molar-refractivity contribution in [3.05, 3.63) is 23.5 Å². The van der Waals surface area contributed by atoms with Gasteiger partial charge < -0.3 is 25.4 Å². The van der Waals surface area contributed by atoms with E-state index in [9.17, 15) is 0 Å². The van der Waals surface area contributed by atoms with E-state index < -0.39 is 0 Å². The third-order valence-corrected chi connectivity index (χ3v) is 7.28. The Morgan fingerprint density at radius 1 is 1.14 bits per heavy atom. The van der Waals surface area contributed by atoms with E-state index >= 15 is 0 Å². The lowest BCUT2D eigenvalue weighted by atomic mass is 9.82. The smallest absolute Gasteiger partial charge is 0.223 e. The molecule has 0 radical (unpaired) electrons. The zero-order valence-electron chi connectivity index (χ0n) is 21.0. The van der Waals surface area contributed by atoms with Crippen LogP contribution in [-0.4, -0.2) is 71.5 Å². The van der Waals surface area contributed by atoms with Crippen molar-refractivity contribution in [2.75, 3.05) is 44.1 Å². The fourth-order valence-corrected chi connectivity index (χ4v) is 4.97. The van der Waals surface area contributed by atoms with Crippen molar-refractivity contribution in [2.45, 2.75) is 70.5 Å². The number of anilines is 2. The number of aromatic nitrogens is 4. The Morgan fingerprint density at radius 3 is 2.63 bits per heavy atom. The highest BCUT2D eigenvalue weighted by molar-refractivity contribution is 6.32. The first-order chi connectivity index (χ1) is 16.9. The van der Waals surface area contributed by atoms with Gasteiger partial charge in [-0.05, 0) is 56.9 Å². The minimum atomic E-state index is 0.198. The van der Waals surface area contributed by atoms with Crippen LogP contribution in [-0.2, 0) is 9.47 Å². The highest BCUT2D eigenvalue weighted by Crippen LogP contribution is 2.30. The quantitative estimate of drug-likeness (QED) is 0.440. The predicted molar refractivity (Wildman–Crippen MR) is 139 cm³/mol. The molecule has 9 nitrogen and oxygen atoms in total. The predicted octanol–water partition coefficient (Wildman–Crippen LogP) is 4.16. The van der Waals surface area contributed by atoms with Gasteiger partial charge in [0.1, 0.15) is 11.5 Å². The standard InChI is InChI=1S/C25H38ClN7O2/c1-17(15-34-3)30-18-4-6-19(7-5-18)31-24-28-14-20(26)22(33-24)23-27-11-8-21(32-23)29-16-25(2)9-12-35-13-10-25/h8,11,14,17-19,30H,4-7,9-10,12-13,15-16H2,1-3H3,(H,27,29,32)(H,28,31,33)/t17-,18?,19?/m0/s1. The molecule has 0 spiro atoms. The third-order valence-electron chi connectivity index (χ3n) is 7.00. The number of rotatable bonds is 10. The number of methoxy groups -OCH3 is 1. The molecule has 192 valence electrons. The number of nitrogens with zero attached hydrogens (tertiary/aromatic N) is 4. The van der Waals surface area contributed by atoms with Crippen LogP contribution >= 0.6 is 11.6 Å². The lowest BCUT2D eigenvalue weighted by molar-refractivity contribution is 0.0300. The molecule has 2 aromatic rings. The van der Waals surface area contributed by atoms with Crippen molar-refractivity contribution < 1.29 is 9.47 Å².